The number of likely N-dealkylation sites (N-methyl/N-ethyl adjacent to an activating group) is 1. The van der Waals surface area contributed by atoms with Crippen molar-refractivity contribution in [3.63, 3.8) is 0 Å². The van der Waals surface area contributed by atoms with Crippen molar-refractivity contribution in [1.29, 1.82) is 0 Å². The van der Waals surface area contributed by atoms with E-state index in [2.05, 4.69) is 5.32 Å². The molecule has 3 amide bonds. The van der Waals surface area contributed by atoms with Crippen molar-refractivity contribution in [2.24, 2.45) is 5.92 Å². The fourth-order valence-corrected chi connectivity index (χ4v) is 3.13. The van der Waals surface area contributed by atoms with Gasteiger partial charge >= 0.3 is 12.1 Å². The molecule has 1 fully saturated rings. The minimum absolute atomic E-state index is 0.154. The number of benzene rings is 1. The zero-order valence-electron chi connectivity index (χ0n) is 19.5. The van der Waals surface area contributed by atoms with E-state index in [1.165, 1.54) is 11.9 Å². The number of nitrogens with one attached hydrogen (secondary N) is 1. The lowest BCUT2D eigenvalue weighted by atomic mass is 9.97. The van der Waals surface area contributed by atoms with Crippen LogP contribution in [0.15, 0.2) is 24.3 Å². The SMILES string of the molecule is Cc1ccc(NC(=O)CN(C)C(=O)COC(=O)C2CCN(C(=O)OC(C)(C)C)CC2)cc1. The molecule has 0 radical (unpaired) electrons. The summed E-state index contributed by atoms with van der Waals surface area (Å²) < 4.78 is 10.5. The van der Waals surface area contributed by atoms with E-state index in [0.29, 0.717) is 31.6 Å². The average molecular weight is 448 g/mol. The maximum Gasteiger partial charge on any atom is 0.410 e. The summed E-state index contributed by atoms with van der Waals surface area (Å²) in [6.45, 7) is 7.55. The molecule has 1 aromatic rings. The molecule has 1 aliphatic rings. The van der Waals surface area contributed by atoms with Gasteiger partial charge in [0.05, 0.1) is 12.5 Å². The quantitative estimate of drug-likeness (QED) is 0.672. The van der Waals surface area contributed by atoms with Gasteiger partial charge in [0, 0.05) is 25.8 Å². The molecule has 0 aliphatic carbocycles. The van der Waals surface area contributed by atoms with E-state index in [0.717, 1.165) is 5.56 Å². The Labute approximate surface area is 189 Å². The lowest BCUT2D eigenvalue weighted by Gasteiger charge is -2.32. The molecule has 0 bridgehead atoms. The van der Waals surface area contributed by atoms with Gasteiger partial charge in [-0.3, -0.25) is 14.4 Å². The first kappa shape index (κ1) is 25.2. The zero-order chi connectivity index (χ0) is 23.9. The first-order valence-electron chi connectivity index (χ1n) is 10.7. The topological polar surface area (TPSA) is 105 Å². The summed E-state index contributed by atoms with van der Waals surface area (Å²) in [5.74, 6) is -1.66. The van der Waals surface area contributed by atoms with Gasteiger partial charge in [-0.2, -0.15) is 0 Å². The highest BCUT2D eigenvalue weighted by atomic mass is 16.6. The van der Waals surface area contributed by atoms with Crippen LogP contribution in [0.1, 0.15) is 39.2 Å². The number of esters is 1. The molecule has 1 saturated heterocycles. The molecule has 9 nitrogen and oxygen atoms in total. The van der Waals surface area contributed by atoms with Crippen molar-refractivity contribution in [3.8, 4) is 0 Å². The molecule has 1 heterocycles. The van der Waals surface area contributed by atoms with Gasteiger partial charge in [0.15, 0.2) is 6.61 Å². The van der Waals surface area contributed by atoms with Gasteiger partial charge < -0.3 is 24.6 Å². The third kappa shape index (κ3) is 8.20. The van der Waals surface area contributed by atoms with Crippen molar-refractivity contribution >= 4 is 29.6 Å². The average Bonchev–Trinajstić information content (AvgIpc) is 2.72. The fourth-order valence-electron chi connectivity index (χ4n) is 3.13. The van der Waals surface area contributed by atoms with Crippen LogP contribution in [0.2, 0.25) is 0 Å². The molecule has 0 atom stereocenters. The molecule has 176 valence electrons. The van der Waals surface area contributed by atoms with Crippen LogP contribution in [0.25, 0.3) is 0 Å². The highest BCUT2D eigenvalue weighted by Gasteiger charge is 2.31. The standard InChI is InChI=1S/C23H33N3O6/c1-16-6-8-18(9-7-16)24-19(27)14-25(5)20(28)15-31-21(29)17-10-12-26(13-11-17)22(30)32-23(2,3)4/h6-9,17H,10-15H2,1-5H3,(H,24,27). The number of carbonyl (C=O) groups excluding carboxylic acids is 4. The van der Waals surface area contributed by atoms with E-state index in [9.17, 15) is 19.2 Å². The van der Waals surface area contributed by atoms with E-state index in [1.807, 2.05) is 19.1 Å². The summed E-state index contributed by atoms with van der Waals surface area (Å²) in [4.78, 5) is 51.5. The van der Waals surface area contributed by atoms with Crippen LogP contribution in [0.4, 0.5) is 10.5 Å². The van der Waals surface area contributed by atoms with Crippen LogP contribution in [0, 0.1) is 12.8 Å². The van der Waals surface area contributed by atoms with Gasteiger partial charge in [0.2, 0.25) is 5.91 Å². The molecule has 2 rings (SSSR count). The smallest absolute Gasteiger partial charge is 0.410 e. The number of aryl methyl sites for hydroxylation is 1. The van der Waals surface area contributed by atoms with Gasteiger partial charge in [0.25, 0.3) is 5.91 Å². The Morgan fingerprint density at radius 2 is 1.69 bits per heavy atom. The summed E-state index contributed by atoms with van der Waals surface area (Å²) >= 11 is 0. The Kier molecular flexibility index (Phi) is 8.63. The van der Waals surface area contributed by atoms with Crippen molar-refractivity contribution in [2.45, 2.75) is 46.1 Å². The molecule has 1 aromatic carbocycles. The Morgan fingerprint density at radius 3 is 2.25 bits per heavy atom. The molecule has 0 aromatic heterocycles. The van der Waals surface area contributed by atoms with Crippen LogP contribution in [-0.4, -0.2) is 72.6 Å². The monoisotopic (exact) mass is 447 g/mol. The van der Waals surface area contributed by atoms with Crippen molar-refractivity contribution < 1.29 is 28.7 Å². The predicted molar refractivity (Wildman–Crippen MR) is 119 cm³/mol. The number of hydrogen-bond donors (Lipinski definition) is 1. The maximum absolute atomic E-state index is 12.3. The summed E-state index contributed by atoms with van der Waals surface area (Å²) in [6, 6.07) is 7.32. The van der Waals surface area contributed by atoms with E-state index in [4.69, 9.17) is 9.47 Å². The van der Waals surface area contributed by atoms with Crippen molar-refractivity contribution in [3.05, 3.63) is 29.8 Å². The molecule has 0 unspecified atom stereocenters. The maximum atomic E-state index is 12.3. The lowest BCUT2D eigenvalue weighted by Crippen LogP contribution is -2.43. The number of hydrogen-bond acceptors (Lipinski definition) is 6. The molecule has 1 N–H and O–H groups in total. The predicted octanol–water partition coefficient (Wildman–Crippen LogP) is 2.58. The van der Waals surface area contributed by atoms with Crippen LogP contribution < -0.4 is 5.32 Å². The van der Waals surface area contributed by atoms with Gasteiger partial charge in [-0.1, -0.05) is 17.7 Å². The number of carbonyl (C=O) groups is 4. The lowest BCUT2D eigenvalue weighted by molar-refractivity contribution is -0.156. The summed E-state index contributed by atoms with van der Waals surface area (Å²) in [5, 5.41) is 2.72. The number of nitrogens with zero attached hydrogens (tertiary/aromatic N) is 2. The summed E-state index contributed by atoms with van der Waals surface area (Å²) in [5.41, 5.74) is 1.15. The normalized spacial score (nSPS) is 14.5. The summed E-state index contributed by atoms with van der Waals surface area (Å²) in [7, 11) is 1.48. The minimum Gasteiger partial charge on any atom is -0.455 e. The number of likely N-dealkylation sites (tertiary alicyclic amines) is 1. The van der Waals surface area contributed by atoms with E-state index >= 15 is 0 Å². The number of anilines is 1. The Morgan fingerprint density at radius 1 is 1.09 bits per heavy atom. The fraction of sp³-hybridized carbons (Fsp3) is 0.565. The van der Waals surface area contributed by atoms with Crippen LogP contribution >= 0.6 is 0 Å². The van der Waals surface area contributed by atoms with Gasteiger partial charge in [-0.25, -0.2) is 4.79 Å². The van der Waals surface area contributed by atoms with Gasteiger partial charge in [-0.05, 0) is 52.7 Å². The number of ether oxygens (including phenoxy) is 2. The first-order chi connectivity index (χ1) is 14.9. The highest BCUT2D eigenvalue weighted by molar-refractivity contribution is 5.94. The second kappa shape index (κ2) is 11.0. The molecular formula is C23H33N3O6. The molecule has 1 aliphatic heterocycles. The molecule has 0 spiro atoms. The van der Waals surface area contributed by atoms with Crippen LogP contribution in [0.5, 0.6) is 0 Å². The van der Waals surface area contributed by atoms with E-state index in [1.54, 1.807) is 37.8 Å². The number of rotatable bonds is 6. The highest BCUT2D eigenvalue weighted by Crippen LogP contribution is 2.21. The molecule has 32 heavy (non-hydrogen) atoms. The molecule has 9 heteroatoms. The van der Waals surface area contributed by atoms with E-state index in [-0.39, 0.29) is 18.4 Å². The van der Waals surface area contributed by atoms with Gasteiger partial charge in [0.1, 0.15) is 5.60 Å². The number of piperidine rings is 1. The number of amides is 3. The van der Waals surface area contributed by atoms with Crippen molar-refractivity contribution in [2.75, 3.05) is 38.6 Å². The molecular weight excluding hydrogens is 414 g/mol. The second-order valence-electron chi connectivity index (χ2n) is 9.01. The molecule has 0 saturated carbocycles. The Bertz CT molecular complexity index is 823. The third-order valence-corrected chi connectivity index (χ3v) is 4.96. The minimum atomic E-state index is -0.573. The second-order valence-corrected chi connectivity index (χ2v) is 9.01. The first-order valence-corrected chi connectivity index (χ1v) is 10.7. The van der Waals surface area contributed by atoms with Crippen molar-refractivity contribution in [1.82, 2.24) is 9.80 Å². The Balaban J connectivity index is 1.71. The third-order valence-electron chi connectivity index (χ3n) is 4.96. The van der Waals surface area contributed by atoms with Gasteiger partial charge in [-0.15, -0.1) is 0 Å². The summed E-state index contributed by atoms with van der Waals surface area (Å²) in [6.07, 6.45) is 0.493. The zero-order valence-corrected chi connectivity index (χ0v) is 19.5. The van der Waals surface area contributed by atoms with Crippen LogP contribution in [-0.2, 0) is 23.9 Å². The Hall–Kier alpha value is -3.10. The largest absolute Gasteiger partial charge is 0.455 e. The van der Waals surface area contributed by atoms with E-state index < -0.39 is 30.2 Å². The van der Waals surface area contributed by atoms with Crippen LogP contribution in [0.3, 0.4) is 0 Å².